The number of ether oxygens (including phenoxy) is 1. The molecule has 2 unspecified atom stereocenters. The third-order valence-electron chi connectivity index (χ3n) is 4.31. The average molecular weight is 285 g/mol. The molecule has 0 aliphatic heterocycles. The van der Waals surface area contributed by atoms with Crippen LogP contribution in [0, 0.1) is 5.92 Å². The van der Waals surface area contributed by atoms with E-state index in [9.17, 15) is 0 Å². The number of hydrogen-bond acceptors (Lipinski definition) is 2. The minimum Gasteiger partial charge on any atom is -0.497 e. The zero-order valence-electron chi connectivity index (χ0n) is 13.3. The second-order valence-corrected chi connectivity index (χ2v) is 5.88. The Morgan fingerprint density at radius 2 is 2.33 bits per heavy atom. The van der Waals surface area contributed by atoms with Gasteiger partial charge in [-0.3, -0.25) is 4.90 Å². The molecule has 1 aromatic rings. The molecule has 0 heterocycles. The zero-order valence-corrected chi connectivity index (χ0v) is 13.3. The first-order chi connectivity index (χ1) is 10.2. The Bertz CT molecular complexity index is 480. The molecular weight excluding hydrogens is 258 g/mol. The molecule has 0 saturated heterocycles. The lowest BCUT2D eigenvalue weighted by Crippen LogP contribution is -2.26. The lowest BCUT2D eigenvalue weighted by atomic mass is 9.87. The van der Waals surface area contributed by atoms with E-state index in [0.29, 0.717) is 12.0 Å². The SMILES string of the molecule is C=CCN(C)C(CC1C=CCCC1)c1cccc(OC)c1. The van der Waals surface area contributed by atoms with Crippen LogP contribution in [-0.4, -0.2) is 25.6 Å². The van der Waals surface area contributed by atoms with E-state index >= 15 is 0 Å². The normalized spacial score (nSPS) is 19.5. The van der Waals surface area contributed by atoms with Crippen molar-refractivity contribution >= 4 is 0 Å². The second-order valence-electron chi connectivity index (χ2n) is 5.88. The van der Waals surface area contributed by atoms with Crippen molar-refractivity contribution < 1.29 is 4.74 Å². The summed E-state index contributed by atoms with van der Waals surface area (Å²) in [4.78, 5) is 2.38. The Morgan fingerprint density at radius 3 is 3.00 bits per heavy atom. The van der Waals surface area contributed by atoms with Gasteiger partial charge in [-0.1, -0.05) is 30.4 Å². The quantitative estimate of drug-likeness (QED) is 0.679. The van der Waals surface area contributed by atoms with Gasteiger partial charge in [0.25, 0.3) is 0 Å². The standard InChI is InChI=1S/C19H27NO/c1-4-13-20(2)19(14-16-9-6-5-7-10-16)17-11-8-12-18(15-17)21-3/h4,6,8-9,11-12,15-16,19H,1,5,7,10,13-14H2,2-3H3. The number of hydrogen-bond donors (Lipinski definition) is 0. The van der Waals surface area contributed by atoms with Crippen molar-refractivity contribution in [3.63, 3.8) is 0 Å². The first-order valence-electron chi connectivity index (χ1n) is 7.86. The van der Waals surface area contributed by atoms with Crippen LogP contribution in [0.2, 0.25) is 0 Å². The van der Waals surface area contributed by atoms with Crippen molar-refractivity contribution in [1.29, 1.82) is 0 Å². The number of benzene rings is 1. The van der Waals surface area contributed by atoms with Crippen molar-refractivity contribution in [2.75, 3.05) is 20.7 Å². The van der Waals surface area contributed by atoms with Crippen LogP contribution in [-0.2, 0) is 0 Å². The summed E-state index contributed by atoms with van der Waals surface area (Å²) in [6.45, 7) is 4.78. The van der Waals surface area contributed by atoms with Gasteiger partial charge in [0.1, 0.15) is 5.75 Å². The van der Waals surface area contributed by atoms with Crippen LogP contribution < -0.4 is 4.74 Å². The predicted molar refractivity (Wildman–Crippen MR) is 89.7 cm³/mol. The minimum atomic E-state index is 0.408. The third kappa shape index (κ3) is 4.47. The highest BCUT2D eigenvalue weighted by Gasteiger charge is 2.21. The monoisotopic (exact) mass is 285 g/mol. The summed E-state index contributed by atoms with van der Waals surface area (Å²) in [5, 5.41) is 0. The van der Waals surface area contributed by atoms with E-state index in [-0.39, 0.29) is 0 Å². The van der Waals surface area contributed by atoms with Gasteiger partial charge in [0, 0.05) is 12.6 Å². The van der Waals surface area contributed by atoms with Crippen LogP contribution >= 0.6 is 0 Å². The Balaban J connectivity index is 2.19. The van der Waals surface area contributed by atoms with Gasteiger partial charge < -0.3 is 4.74 Å². The van der Waals surface area contributed by atoms with Crippen molar-refractivity contribution in [2.45, 2.75) is 31.7 Å². The molecule has 21 heavy (non-hydrogen) atoms. The van der Waals surface area contributed by atoms with Gasteiger partial charge in [0.15, 0.2) is 0 Å². The molecular formula is C19H27NO. The maximum atomic E-state index is 5.38. The second kappa shape index (κ2) is 8.04. The van der Waals surface area contributed by atoms with Gasteiger partial charge in [-0.15, -0.1) is 6.58 Å². The van der Waals surface area contributed by atoms with E-state index in [1.807, 2.05) is 12.1 Å². The van der Waals surface area contributed by atoms with Gasteiger partial charge in [-0.05, 0) is 56.3 Å². The smallest absolute Gasteiger partial charge is 0.119 e. The van der Waals surface area contributed by atoms with Crippen LogP contribution in [0.15, 0.2) is 49.1 Å². The summed E-state index contributed by atoms with van der Waals surface area (Å²) >= 11 is 0. The first kappa shape index (κ1) is 15.8. The highest BCUT2D eigenvalue weighted by atomic mass is 16.5. The molecule has 1 aliphatic carbocycles. The summed E-state index contributed by atoms with van der Waals surface area (Å²) in [5.41, 5.74) is 1.33. The molecule has 0 aromatic heterocycles. The molecule has 0 bridgehead atoms. The lowest BCUT2D eigenvalue weighted by Gasteiger charge is -2.31. The van der Waals surface area contributed by atoms with E-state index in [2.05, 4.69) is 48.9 Å². The first-order valence-corrected chi connectivity index (χ1v) is 7.86. The third-order valence-corrected chi connectivity index (χ3v) is 4.31. The number of nitrogens with zero attached hydrogens (tertiary/aromatic N) is 1. The summed E-state index contributed by atoms with van der Waals surface area (Å²) in [6, 6.07) is 8.87. The van der Waals surface area contributed by atoms with Crippen molar-refractivity contribution in [1.82, 2.24) is 4.90 Å². The average Bonchev–Trinajstić information content (AvgIpc) is 2.54. The molecule has 2 atom stereocenters. The van der Waals surface area contributed by atoms with E-state index < -0.39 is 0 Å². The van der Waals surface area contributed by atoms with E-state index in [4.69, 9.17) is 4.74 Å². The molecule has 0 radical (unpaired) electrons. The van der Waals surface area contributed by atoms with Crippen LogP contribution in [0.1, 0.15) is 37.3 Å². The summed E-state index contributed by atoms with van der Waals surface area (Å²) in [5.74, 6) is 1.62. The fraction of sp³-hybridized carbons (Fsp3) is 0.474. The molecule has 0 N–H and O–H groups in total. The van der Waals surface area contributed by atoms with E-state index in [0.717, 1.165) is 18.7 Å². The molecule has 2 nitrogen and oxygen atoms in total. The fourth-order valence-electron chi connectivity index (χ4n) is 3.12. The van der Waals surface area contributed by atoms with Crippen LogP contribution in [0.3, 0.4) is 0 Å². The number of allylic oxidation sites excluding steroid dienone is 2. The summed E-state index contributed by atoms with van der Waals surface area (Å²) < 4.78 is 5.38. The van der Waals surface area contributed by atoms with Crippen LogP contribution in [0.5, 0.6) is 5.75 Å². The highest BCUT2D eigenvalue weighted by molar-refractivity contribution is 5.30. The molecule has 114 valence electrons. The van der Waals surface area contributed by atoms with Gasteiger partial charge in [0.05, 0.1) is 7.11 Å². The van der Waals surface area contributed by atoms with Gasteiger partial charge >= 0.3 is 0 Å². The topological polar surface area (TPSA) is 12.5 Å². The Labute approximate surface area is 129 Å². The highest BCUT2D eigenvalue weighted by Crippen LogP contribution is 2.32. The van der Waals surface area contributed by atoms with Crippen molar-refractivity contribution in [3.8, 4) is 5.75 Å². The van der Waals surface area contributed by atoms with E-state index in [1.165, 1.54) is 24.8 Å². The van der Waals surface area contributed by atoms with E-state index in [1.54, 1.807) is 7.11 Å². The molecule has 0 saturated carbocycles. The van der Waals surface area contributed by atoms with Crippen molar-refractivity contribution in [2.24, 2.45) is 5.92 Å². The minimum absolute atomic E-state index is 0.408. The summed E-state index contributed by atoms with van der Waals surface area (Å²) in [6.07, 6.45) is 11.7. The van der Waals surface area contributed by atoms with Gasteiger partial charge in [-0.2, -0.15) is 0 Å². The maximum absolute atomic E-state index is 5.38. The van der Waals surface area contributed by atoms with Crippen LogP contribution in [0.25, 0.3) is 0 Å². The molecule has 0 fully saturated rings. The number of rotatable bonds is 7. The summed E-state index contributed by atoms with van der Waals surface area (Å²) in [7, 11) is 3.91. The molecule has 2 heteroatoms. The molecule has 1 aromatic carbocycles. The van der Waals surface area contributed by atoms with Crippen LogP contribution in [0.4, 0.5) is 0 Å². The van der Waals surface area contributed by atoms with Gasteiger partial charge in [0.2, 0.25) is 0 Å². The number of methoxy groups -OCH3 is 1. The fourth-order valence-corrected chi connectivity index (χ4v) is 3.12. The molecule has 2 rings (SSSR count). The van der Waals surface area contributed by atoms with Crippen molar-refractivity contribution in [3.05, 3.63) is 54.6 Å². The zero-order chi connectivity index (χ0) is 15.1. The lowest BCUT2D eigenvalue weighted by molar-refractivity contribution is 0.232. The Hall–Kier alpha value is -1.54. The van der Waals surface area contributed by atoms with Gasteiger partial charge in [-0.25, -0.2) is 0 Å². The maximum Gasteiger partial charge on any atom is 0.119 e. The molecule has 0 spiro atoms. The number of likely N-dealkylation sites (N-methyl/N-ethyl adjacent to an activating group) is 1. The molecule has 0 amide bonds. The molecule has 1 aliphatic rings. The Morgan fingerprint density at radius 1 is 1.48 bits per heavy atom. The largest absolute Gasteiger partial charge is 0.497 e. The Kier molecular flexibility index (Phi) is 6.06. The predicted octanol–water partition coefficient (Wildman–Crippen LogP) is 4.60.